The van der Waals surface area contributed by atoms with Crippen LogP contribution in [0.2, 0.25) is 10.3 Å². The number of benzene rings is 1. The first-order chi connectivity index (χ1) is 14.8. The monoisotopic (exact) mass is 460 g/mol. The summed E-state index contributed by atoms with van der Waals surface area (Å²) < 4.78 is 13.5. The number of hydrogen-bond acceptors (Lipinski definition) is 7. The van der Waals surface area contributed by atoms with Crippen LogP contribution < -0.4 is 4.74 Å². The summed E-state index contributed by atoms with van der Waals surface area (Å²) in [5, 5.41) is 24.0. The Morgan fingerprint density at radius 1 is 1.19 bits per heavy atom. The standard InChI is InChI=1S/C21H18Cl2N4O4/c1-21(29)15(9-30-12-4-2-11-3-5-16(22)26-14(11)8-12)31-20(17(21)28)27-7-6-13-18(23)24-10-25-19(13)27/h2-8,10,15,17,20,28-29H,9H2,1H3/t15-,17+,20-,21-/m1/s1. The first kappa shape index (κ1) is 20.4. The average molecular weight is 461 g/mol. The summed E-state index contributed by atoms with van der Waals surface area (Å²) in [6.45, 7) is 1.53. The van der Waals surface area contributed by atoms with Gasteiger partial charge in [0.25, 0.3) is 0 Å². The van der Waals surface area contributed by atoms with E-state index in [1.807, 2.05) is 12.1 Å². The van der Waals surface area contributed by atoms with Crippen LogP contribution in [0, 0.1) is 0 Å². The second-order valence-corrected chi connectivity index (χ2v) is 8.36. The quantitative estimate of drug-likeness (QED) is 0.355. The van der Waals surface area contributed by atoms with Crippen LogP contribution >= 0.6 is 23.2 Å². The molecule has 0 unspecified atom stereocenters. The zero-order valence-corrected chi connectivity index (χ0v) is 17.8. The number of rotatable bonds is 4. The van der Waals surface area contributed by atoms with E-state index in [4.69, 9.17) is 32.7 Å². The summed E-state index contributed by atoms with van der Waals surface area (Å²) in [5.41, 5.74) is -0.368. The molecule has 0 amide bonds. The number of ether oxygens (including phenoxy) is 2. The Balaban J connectivity index is 1.38. The molecule has 3 aromatic heterocycles. The minimum atomic E-state index is -1.56. The van der Waals surface area contributed by atoms with Gasteiger partial charge in [-0.05, 0) is 37.3 Å². The van der Waals surface area contributed by atoms with E-state index in [1.165, 1.54) is 13.3 Å². The highest BCUT2D eigenvalue weighted by Gasteiger charge is 2.53. The predicted molar refractivity (Wildman–Crippen MR) is 115 cm³/mol. The molecule has 4 heterocycles. The molecule has 1 aromatic carbocycles. The number of aliphatic hydroxyl groups excluding tert-OH is 1. The van der Waals surface area contributed by atoms with Crippen LogP contribution in [0.15, 0.2) is 48.9 Å². The Labute approximate surface area is 187 Å². The third-order valence-electron chi connectivity index (χ3n) is 5.59. The lowest BCUT2D eigenvalue weighted by molar-refractivity contribution is -0.0765. The maximum absolute atomic E-state index is 10.9. The van der Waals surface area contributed by atoms with E-state index in [-0.39, 0.29) is 6.61 Å². The smallest absolute Gasteiger partial charge is 0.164 e. The first-order valence-electron chi connectivity index (χ1n) is 9.56. The average Bonchev–Trinajstić information content (AvgIpc) is 3.26. The van der Waals surface area contributed by atoms with Crippen LogP contribution in [0.1, 0.15) is 13.2 Å². The Morgan fingerprint density at radius 3 is 2.84 bits per heavy atom. The number of aromatic nitrogens is 4. The summed E-state index contributed by atoms with van der Waals surface area (Å²) in [6, 6.07) is 10.8. The molecular weight excluding hydrogens is 443 g/mol. The van der Waals surface area contributed by atoms with E-state index in [0.717, 1.165) is 5.39 Å². The van der Waals surface area contributed by atoms with Crippen molar-refractivity contribution in [2.24, 2.45) is 0 Å². The highest BCUT2D eigenvalue weighted by atomic mass is 35.5. The Hall–Kier alpha value is -2.49. The molecule has 1 aliphatic heterocycles. The van der Waals surface area contributed by atoms with E-state index in [0.29, 0.717) is 32.6 Å². The SMILES string of the molecule is C[C@@]1(O)[C@@H](COc2ccc3ccc(Cl)nc3c2)O[C@@H](n2ccc3c(Cl)ncnc32)[C@@H]1O. The molecule has 0 spiro atoms. The molecule has 1 saturated heterocycles. The maximum Gasteiger partial charge on any atom is 0.164 e. The summed E-state index contributed by atoms with van der Waals surface area (Å²) in [4.78, 5) is 12.5. The number of pyridine rings is 1. The molecule has 2 N–H and O–H groups in total. The van der Waals surface area contributed by atoms with Gasteiger partial charge in [-0.15, -0.1) is 0 Å². The highest BCUT2D eigenvalue weighted by Crippen LogP contribution is 2.39. The van der Waals surface area contributed by atoms with Crippen molar-refractivity contribution in [2.75, 3.05) is 6.61 Å². The van der Waals surface area contributed by atoms with Crippen molar-refractivity contribution >= 4 is 45.1 Å². The maximum atomic E-state index is 10.9. The molecule has 1 fully saturated rings. The molecule has 5 rings (SSSR count). The highest BCUT2D eigenvalue weighted by molar-refractivity contribution is 6.33. The van der Waals surface area contributed by atoms with Crippen LogP contribution in [0.5, 0.6) is 5.75 Å². The van der Waals surface area contributed by atoms with Gasteiger partial charge in [-0.2, -0.15) is 0 Å². The van der Waals surface area contributed by atoms with E-state index in [9.17, 15) is 10.2 Å². The fourth-order valence-corrected chi connectivity index (χ4v) is 4.11. The van der Waals surface area contributed by atoms with Crippen LogP contribution in [0.4, 0.5) is 0 Å². The van der Waals surface area contributed by atoms with Crippen LogP contribution in [0.25, 0.3) is 21.9 Å². The van der Waals surface area contributed by atoms with Gasteiger partial charge in [0.05, 0.1) is 10.9 Å². The topological polar surface area (TPSA) is 103 Å². The lowest BCUT2D eigenvalue weighted by Crippen LogP contribution is -2.47. The van der Waals surface area contributed by atoms with Gasteiger partial charge >= 0.3 is 0 Å². The molecule has 4 aromatic rings. The number of halogens is 2. The molecule has 8 nitrogen and oxygen atoms in total. The van der Waals surface area contributed by atoms with E-state index >= 15 is 0 Å². The van der Waals surface area contributed by atoms with Gasteiger partial charge in [-0.1, -0.05) is 23.2 Å². The largest absolute Gasteiger partial charge is 0.491 e. The van der Waals surface area contributed by atoms with Gasteiger partial charge in [0, 0.05) is 17.6 Å². The Kier molecular flexibility index (Phi) is 4.99. The molecule has 10 heteroatoms. The van der Waals surface area contributed by atoms with Crippen LogP contribution in [0.3, 0.4) is 0 Å². The van der Waals surface area contributed by atoms with Crippen molar-refractivity contribution in [2.45, 2.75) is 31.0 Å². The number of fused-ring (bicyclic) bond motifs is 2. The number of aliphatic hydroxyl groups is 2. The fourth-order valence-electron chi connectivity index (χ4n) is 3.76. The van der Waals surface area contributed by atoms with Crippen molar-refractivity contribution in [3.05, 3.63) is 59.2 Å². The molecular formula is C21H18Cl2N4O4. The van der Waals surface area contributed by atoms with Gasteiger partial charge in [-0.25, -0.2) is 15.0 Å². The van der Waals surface area contributed by atoms with Gasteiger partial charge in [0.1, 0.15) is 52.4 Å². The van der Waals surface area contributed by atoms with Crippen molar-refractivity contribution in [3.63, 3.8) is 0 Å². The molecule has 0 radical (unpaired) electrons. The molecule has 31 heavy (non-hydrogen) atoms. The third-order valence-corrected chi connectivity index (χ3v) is 6.10. The molecule has 0 bridgehead atoms. The Morgan fingerprint density at radius 2 is 2.00 bits per heavy atom. The number of nitrogens with zero attached hydrogens (tertiary/aromatic N) is 4. The van der Waals surface area contributed by atoms with Crippen LogP contribution in [-0.2, 0) is 4.74 Å². The lowest BCUT2D eigenvalue weighted by Gasteiger charge is -2.26. The second-order valence-electron chi connectivity index (χ2n) is 7.61. The lowest BCUT2D eigenvalue weighted by atomic mass is 9.95. The minimum Gasteiger partial charge on any atom is -0.491 e. The van der Waals surface area contributed by atoms with Gasteiger partial charge < -0.3 is 24.3 Å². The predicted octanol–water partition coefficient (Wildman–Crippen LogP) is 3.37. The summed E-state index contributed by atoms with van der Waals surface area (Å²) in [7, 11) is 0. The van der Waals surface area contributed by atoms with E-state index in [1.54, 1.807) is 35.0 Å². The normalized spacial score (nSPS) is 26.0. The van der Waals surface area contributed by atoms with Crippen molar-refractivity contribution in [3.8, 4) is 5.75 Å². The molecule has 0 aliphatic carbocycles. The number of hydrogen-bond donors (Lipinski definition) is 2. The molecule has 4 atom stereocenters. The first-order valence-corrected chi connectivity index (χ1v) is 10.3. The van der Waals surface area contributed by atoms with Gasteiger partial charge in [-0.3, -0.25) is 0 Å². The molecule has 1 aliphatic rings. The van der Waals surface area contributed by atoms with Crippen LogP contribution in [-0.4, -0.2) is 54.1 Å². The van der Waals surface area contributed by atoms with E-state index < -0.39 is 24.0 Å². The summed E-state index contributed by atoms with van der Waals surface area (Å²) >= 11 is 12.1. The zero-order chi connectivity index (χ0) is 21.8. The Bertz CT molecular complexity index is 1280. The minimum absolute atomic E-state index is 0.0155. The summed E-state index contributed by atoms with van der Waals surface area (Å²) in [6.07, 6.45) is 0.134. The summed E-state index contributed by atoms with van der Waals surface area (Å²) in [5.74, 6) is 0.547. The molecule has 160 valence electrons. The molecule has 0 saturated carbocycles. The van der Waals surface area contributed by atoms with Gasteiger partial charge in [0.2, 0.25) is 0 Å². The second kappa shape index (κ2) is 7.58. The third kappa shape index (κ3) is 3.50. The van der Waals surface area contributed by atoms with Gasteiger partial charge in [0.15, 0.2) is 6.23 Å². The van der Waals surface area contributed by atoms with Crippen molar-refractivity contribution in [1.29, 1.82) is 0 Å². The van der Waals surface area contributed by atoms with Crippen molar-refractivity contribution in [1.82, 2.24) is 19.5 Å². The van der Waals surface area contributed by atoms with Crippen molar-refractivity contribution < 1.29 is 19.7 Å². The zero-order valence-electron chi connectivity index (χ0n) is 16.3. The fraction of sp³-hybridized carbons (Fsp3) is 0.286. The van der Waals surface area contributed by atoms with E-state index in [2.05, 4.69) is 15.0 Å².